The molecule has 0 aromatic heterocycles. The van der Waals surface area contributed by atoms with Crippen molar-refractivity contribution in [2.75, 3.05) is 26.2 Å². The number of hydrogen-bond donors (Lipinski definition) is 0. The van der Waals surface area contributed by atoms with Crippen molar-refractivity contribution in [1.82, 2.24) is 9.21 Å². The summed E-state index contributed by atoms with van der Waals surface area (Å²) in [6.07, 6.45) is 1.66. The zero-order valence-electron chi connectivity index (χ0n) is 18.8. The third kappa shape index (κ3) is 5.32. The molecule has 0 N–H and O–H groups in total. The van der Waals surface area contributed by atoms with Crippen molar-refractivity contribution in [2.24, 2.45) is 0 Å². The van der Waals surface area contributed by atoms with E-state index in [-0.39, 0.29) is 4.90 Å². The highest BCUT2D eigenvalue weighted by Gasteiger charge is 2.32. The van der Waals surface area contributed by atoms with Gasteiger partial charge in [0.05, 0.1) is 16.5 Å². The van der Waals surface area contributed by atoms with Crippen LogP contribution >= 0.6 is 11.8 Å². The number of aryl methyl sites for hydroxylation is 2. The molecule has 0 aliphatic carbocycles. The van der Waals surface area contributed by atoms with Crippen LogP contribution in [0.15, 0.2) is 51.1 Å². The first kappa shape index (κ1) is 23.8. The van der Waals surface area contributed by atoms with Crippen LogP contribution in [-0.2, 0) is 10.0 Å². The molecular formula is C24H31N3O2S2. The SMILES string of the molecule is CCN(CC)C1CCN(S(=O)(=O)c2cc(C#N)ccc2Sc2cc(C)ccc2C)CC1. The summed E-state index contributed by atoms with van der Waals surface area (Å²) in [6.45, 7) is 11.3. The second-order valence-corrected chi connectivity index (χ2v) is 11.0. The summed E-state index contributed by atoms with van der Waals surface area (Å²) in [5.74, 6) is 0. The average Bonchev–Trinajstić information content (AvgIpc) is 2.77. The van der Waals surface area contributed by atoms with Gasteiger partial charge in [-0.2, -0.15) is 9.57 Å². The predicted octanol–water partition coefficient (Wildman–Crippen LogP) is 4.82. The Kier molecular flexibility index (Phi) is 7.82. The van der Waals surface area contributed by atoms with Crippen LogP contribution in [0, 0.1) is 25.2 Å². The predicted molar refractivity (Wildman–Crippen MR) is 126 cm³/mol. The molecule has 166 valence electrons. The van der Waals surface area contributed by atoms with Gasteiger partial charge < -0.3 is 4.90 Å². The van der Waals surface area contributed by atoms with E-state index in [0.29, 0.717) is 29.6 Å². The largest absolute Gasteiger partial charge is 0.301 e. The quantitative estimate of drug-likeness (QED) is 0.596. The van der Waals surface area contributed by atoms with Crippen LogP contribution in [0.25, 0.3) is 0 Å². The lowest BCUT2D eigenvalue weighted by molar-refractivity contribution is 0.152. The van der Waals surface area contributed by atoms with Crippen molar-refractivity contribution in [3.05, 3.63) is 53.1 Å². The number of hydrogen-bond acceptors (Lipinski definition) is 5. The molecule has 0 saturated carbocycles. The maximum atomic E-state index is 13.6. The van der Waals surface area contributed by atoms with Crippen molar-refractivity contribution >= 4 is 21.8 Å². The number of benzene rings is 2. The maximum absolute atomic E-state index is 13.6. The summed E-state index contributed by atoms with van der Waals surface area (Å²) in [4.78, 5) is 4.33. The van der Waals surface area contributed by atoms with Crippen LogP contribution in [0.4, 0.5) is 0 Å². The van der Waals surface area contributed by atoms with Gasteiger partial charge in [0.1, 0.15) is 0 Å². The minimum Gasteiger partial charge on any atom is -0.301 e. The molecule has 0 bridgehead atoms. The van der Waals surface area contributed by atoms with Crippen molar-refractivity contribution < 1.29 is 8.42 Å². The van der Waals surface area contributed by atoms with Crippen LogP contribution in [-0.4, -0.2) is 49.8 Å². The molecule has 1 aliphatic heterocycles. The molecule has 31 heavy (non-hydrogen) atoms. The van der Waals surface area contributed by atoms with E-state index in [9.17, 15) is 13.7 Å². The standard InChI is InChI=1S/C24H31N3O2S2/c1-5-26(6-2)21-11-13-27(14-12-21)31(28,29)24-16-20(17-25)9-10-22(24)30-23-15-18(3)7-8-19(23)4/h7-10,15-16,21H,5-6,11-14H2,1-4H3. The Morgan fingerprint density at radius 3 is 2.35 bits per heavy atom. The lowest BCUT2D eigenvalue weighted by atomic mass is 10.1. The number of piperidine rings is 1. The van der Waals surface area contributed by atoms with Crippen molar-refractivity contribution in [1.29, 1.82) is 5.26 Å². The molecule has 0 unspecified atom stereocenters. The first-order chi connectivity index (χ1) is 14.8. The summed E-state index contributed by atoms with van der Waals surface area (Å²) in [7, 11) is -3.69. The Morgan fingerprint density at radius 2 is 1.74 bits per heavy atom. The van der Waals surface area contributed by atoms with E-state index in [1.807, 2.05) is 19.9 Å². The highest BCUT2D eigenvalue weighted by Crippen LogP contribution is 2.37. The van der Waals surface area contributed by atoms with E-state index >= 15 is 0 Å². The molecule has 0 amide bonds. The minimum absolute atomic E-state index is 0.235. The molecule has 1 saturated heterocycles. The maximum Gasteiger partial charge on any atom is 0.244 e. The van der Waals surface area contributed by atoms with Gasteiger partial charge in [0.2, 0.25) is 10.0 Å². The molecule has 0 atom stereocenters. The smallest absolute Gasteiger partial charge is 0.244 e. The van der Waals surface area contributed by atoms with Crippen molar-refractivity contribution in [3.8, 4) is 6.07 Å². The van der Waals surface area contributed by atoms with Gasteiger partial charge in [-0.3, -0.25) is 0 Å². The molecule has 0 spiro atoms. The van der Waals surface area contributed by atoms with Gasteiger partial charge in [0, 0.05) is 28.9 Å². The molecule has 1 fully saturated rings. The van der Waals surface area contributed by atoms with Gasteiger partial charge in [-0.15, -0.1) is 0 Å². The van der Waals surface area contributed by atoms with Gasteiger partial charge in [0.15, 0.2) is 0 Å². The van der Waals surface area contributed by atoms with E-state index in [1.54, 1.807) is 16.4 Å². The lowest BCUT2D eigenvalue weighted by Crippen LogP contribution is -2.46. The summed E-state index contributed by atoms with van der Waals surface area (Å²) < 4.78 is 28.8. The Bertz CT molecular complexity index is 1060. The summed E-state index contributed by atoms with van der Waals surface area (Å²) in [5.41, 5.74) is 2.59. The third-order valence-corrected chi connectivity index (χ3v) is 9.31. The molecule has 2 aromatic carbocycles. The van der Waals surface area contributed by atoms with E-state index in [0.717, 1.165) is 42.0 Å². The minimum atomic E-state index is -3.69. The van der Waals surface area contributed by atoms with Crippen LogP contribution in [0.1, 0.15) is 43.4 Å². The first-order valence-electron chi connectivity index (χ1n) is 10.8. The Hall–Kier alpha value is -1.85. The highest BCUT2D eigenvalue weighted by molar-refractivity contribution is 8.00. The molecule has 0 radical (unpaired) electrons. The topological polar surface area (TPSA) is 64.4 Å². The van der Waals surface area contributed by atoms with E-state index in [2.05, 4.69) is 36.9 Å². The van der Waals surface area contributed by atoms with Crippen LogP contribution in [0.3, 0.4) is 0 Å². The van der Waals surface area contributed by atoms with Crippen LogP contribution in [0.5, 0.6) is 0 Å². The van der Waals surface area contributed by atoms with Crippen molar-refractivity contribution in [2.45, 2.75) is 61.3 Å². The molecular weight excluding hydrogens is 426 g/mol. The van der Waals surface area contributed by atoms with E-state index in [1.165, 1.54) is 17.8 Å². The molecule has 1 heterocycles. The van der Waals surface area contributed by atoms with Gasteiger partial charge in [-0.1, -0.05) is 37.7 Å². The summed E-state index contributed by atoms with van der Waals surface area (Å²) in [6, 6.07) is 13.7. The average molecular weight is 458 g/mol. The first-order valence-corrected chi connectivity index (χ1v) is 13.1. The fourth-order valence-electron chi connectivity index (χ4n) is 4.13. The molecule has 5 nitrogen and oxygen atoms in total. The van der Waals surface area contributed by atoms with Gasteiger partial charge >= 0.3 is 0 Å². The molecule has 7 heteroatoms. The van der Waals surface area contributed by atoms with Gasteiger partial charge in [0.25, 0.3) is 0 Å². The summed E-state index contributed by atoms with van der Waals surface area (Å²) >= 11 is 1.45. The van der Waals surface area contributed by atoms with Crippen molar-refractivity contribution in [3.63, 3.8) is 0 Å². The van der Waals surface area contributed by atoms with E-state index in [4.69, 9.17) is 0 Å². The number of rotatable bonds is 7. The molecule has 2 aromatic rings. The molecule has 1 aliphatic rings. The summed E-state index contributed by atoms with van der Waals surface area (Å²) in [5, 5.41) is 9.38. The number of nitriles is 1. The second-order valence-electron chi connectivity index (χ2n) is 8.00. The monoisotopic (exact) mass is 457 g/mol. The Labute approximate surface area is 191 Å². The van der Waals surface area contributed by atoms with Crippen LogP contribution in [0.2, 0.25) is 0 Å². The molecule has 3 rings (SSSR count). The second kappa shape index (κ2) is 10.2. The van der Waals surface area contributed by atoms with Gasteiger partial charge in [-0.25, -0.2) is 8.42 Å². The fourth-order valence-corrected chi connectivity index (χ4v) is 7.14. The van der Waals surface area contributed by atoms with Gasteiger partial charge in [-0.05, 0) is 75.2 Å². The Balaban J connectivity index is 1.92. The van der Waals surface area contributed by atoms with E-state index < -0.39 is 10.0 Å². The van der Waals surface area contributed by atoms with Crippen LogP contribution < -0.4 is 0 Å². The third-order valence-electron chi connectivity index (χ3n) is 6.01. The highest BCUT2D eigenvalue weighted by atomic mass is 32.2. The fraction of sp³-hybridized carbons (Fsp3) is 0.458. The number of sulfonamides is 1. The number of nitrogens with zero attached hydrogens (tertiary/aromatic N) is 3. The Morgan fingerprint density at radius 1 is 1.06 bits per heavy atom. The zero-order chi connectivity index (χ0) is 22.6. The lowest BCUT2D eigenvalue weighted by Gasteiger charge is -2.37. The zero-order valence-corrected chi connectivity index (χ0v) is 20.4. The normalized spacial score (nSPS) is 15.9.